The van der Waals surface area contributed by atoms with Gasteiger partial charge in [-0.25, -0.2) is 0 Å². The lowest BCUT2D eigenvalue weighted by atomic mass is 10.0. The predicted octanol–water partition coefficient (Wildman–Crippen LogP) is 4.03. The molecule has 0 spiro atoms. The van der Waals surface area contributed by atoms with Crippen LogP contribution in [0, 0.1) is 0 Å². The molecule has 2 aromatic rings. The van der Waals surface area contributed by atoms with Crippen LogP contribution in [-0.4, -0.2) is 18.3 Å². The quantitative estimate of drug-likeness (QED) is 0.819. The molecule has 2 aromatic carbocycles. The largest absolute Gasteiger partial charge is 0.483 e. The van der Waals surface area contributed by atoms with Gasteiger partial charge in [-0.2, -0.15) is 0 Å². The van der Waals surface area contributed by atoms with Crippen LogP contribution in [0.15, 0.2) is 48.5 Å². The van der Waals surface area contributed by atoms with E-state index in [1.165, 1.54) is 6.92 Å². The van der Waals surface area contributed by atoms with E-state index in [2.05, 4.69) is 19.2 Å². The van der Waals surface area contributed by atoms with Crippen molar-refractivity contribution in [2.24, 2.45) is 0 Å². The molecule has 23 heavy (non-hydrogen) atoms. The molecule has 0 atom stereocenters. The first kappa shape index (κ1) is 16.7. The summed E-state index contributed by atoms with van der Waals surface area (Å²) in [7, 11) is 0. The molecule has 0 heterocycles. The van der Waals surface area contributed by atoms with Gasteiger partial charge >= 0.3 is 0 Å². The van der Waals surface area contributed by atoms with Gasteiger partial charge < -0.3 is 10.1 Å². The summed E-state index contributed by atoms with van der Waals surface area (Å²) in [6, 6.07) is 14.5. The van der Waals surface area contributed by atoms with Gasteiger partial charge in [0, 0.05) is 11.3 Å². The summed E-state index contributed by atoms with van der Waals surface area (Å²) in [5.41, 5.74) is 2.33. The molecule has 120 valence electrons. The van der Waals surface area contributed by atoms with Gasteiger partial charge in [0.1, 0.15) is 5.75 Å². The Hall–Kier alpha value is -2.62. The smallest absolute Gasteiger partial charge is 0.262 e. The Bertz CT molecular complexity index is 690. The highest BCUT2D eigenvalue weighted by Crippen LogP contribution is 2.25. The van der Waals surface area contributed by atoms with Crippen LogP contribution in [0.1, 0.15) is 42.6 Å². The van der Waals surface area contributed by atoms with E-state index in [1.807, 2.05) is 24.3 Å². The van der Waals surface area contributed by atoms with E-state index in [9.17, 15) is 9.59 Å². The third kappa shape index (κ3) is 4.68. The van der Waals surface area contributed by atoms with E-state index in [-0.39, 0.29) is 18.3 Å². The highest BCUT2D eigenvalue weighted by Gasteiger charge is 2.09. The van der Waals surface area contributed by atoms with Crippen molar-refractivity contribution in [2.45, 2.75) is 26.7 Å². The molecule has 0 aliphatic heterocycles. The number of para-hydroxylation sites is 1. The zero-order valence-corrected chi connectivity index (χ0v) is 13.6. The number of carbonyl (C=O) groups is 2. The summed E-state index contributed by atoms with van der Waals surface area (Å²) >= 11 is 0. The molecule has 0 fully saturated rings. The lowest BCUT2D eigenvalue weighted by Crippen LogP contribution is -2.20. The molecule has 0 radical (unpaired) electrons. The van der Waals surface area contributed by atoms with Gasteiger partial charge in [0.05, 0.1) is 0 Å². The molecule has 1 amide bonds. The summed E-state index contributed by atoms with van der Waals surface area (Å²) in [5, 5.41) is 2.75. The molecule has 0 unspecified atom stereocenters. The molecule has 0 aliphatic rings. The monoisotopic (exact) mass is 311 g/mol. The zero-order chi connectivity index (χ0) is 16.8. The zero-order valence-electron chi connectivity index (χ0n) is 13.6. The van der Waals surface area contributed by atoms with E-state index in [4.69, 9.17) is 4.74 Å². The number of hydrogen-bond acceptors (Lipinski definition) is 3. The first-order valence-electron chi connectivity index (χ1n) is 7.60. The topological polar surface area (TPSA) is 55.4 Å². The standard InChI is InChI=1S/C19H21NO3/c1-13(2)17-6-4-5-7-18(17)23-12-19(22)20-16-10-8-15(9-11-16)14(3)21/h4-11,13H,12H2,1-3H3,(H,20,22). The van der Waals surface area contributed by atoms with E-state index in [1.54, 1.807) is 24.3 Å². The van der Waals surface area contributed by atoms with E-state index in [0.29, 0.717) is 17.2 Å². The maximum absolute atomic E-state index is 12.0. The second-order valence-corrected chi connectivity index (χ2v) is 5.66. The maximum Gasteiger partial charge on any atom is 0.262 e. The minimum Gasteiger partial charge on any atom is -0.483 e. The number of carbonyl (C=O) groups excluding carboxylic acids is 2. The maximum atomic E-state index is 12.0. The SMILES string of the molecule is CC(=O)c1ccc(NC(=O)COc2ccccc2C(C)C)cc1. The molecular formula is C19H21NO3. The fourth-order valence-electron chi connectivity index (χ4n) is 2.22. The third-order valence-corrected chi connectivity index (χ3v) is 3.47. The number of anilines is 1. The molecule has 0 saturated heterocycles. The van der Waals surface area contributed by atoms with Crippen molar-refractivity contribution in [3.8, 4) is 5.75 Å². The Balaban J connectivity index is 1.94. The van der Waals surface area contributed by atoms with Crippen molar-refractivity contribution in [3.05, 3.63) is 59.7 Å². The fourth-order valence-corrected chi connectivity index (χ4v) is 2.22. The van der Waals surface area contributed by atoms with Crippen LogP contribution in [0.3, 0.4) is 0 Å². The summed E-state index contributed by atoms with van der Waals surface area (Å²) < 4.78 is 5.63. The minimum absolute atomic E-state index is 0.00324. The second kappa shape index (κ2) is 7.58. The van der Waals surface area contributed by atoms with Crippen molar-refractivity contribution in [1.29, 1.82) is 0 Å². The number of benzene rings is 2. The summed E-state index contributed by atoms with van der Waals surface area (Å²) in [5.74, 6) is 0.814. The Morgan fingerprint density at radius 1 is 1.04 bits per heavy atom. The minimum atomic E-state index is -0.237. The average molecular weight is 311 g/mol. The lowest BCUT2D eigenvalue weighted by Gasteiger charge is -2.13. The van der Waals surface area contributed by atoms with E-state index in [0.717, 1.165) is 11.3 Å². The first-order valence-corrected chi connectivity index (χ1v) is 7.60. The Labute approximate surface area is 136 Å². The number of ether oxygens (including phenoxy) is 1. The predicted molar refractivity (Wildman–Crippen MR) is 91.1 cm³/mol. The van der Waals surface area contributed by atoms with Gasteiger partial charge in [-0.15, -0.1) is 0 Å². The van der Waals surface area contributed by atoms with Crippen LogP contribution in [0.2, 0.25) is 0 Å². The number of ketones is 1. The average Bonchev–Trinajstić information content (AvgIpc) is 2.53. The first-order chi connectivity index (χ1) is 11.0. The third-order valence-electron chi connectivity index (χ3n) is 3.47. The van der Waals surface area contributed by atoms with Gasteiger partial charge in [-0.1, -0.05) is 32.0 Å². The van der Waals surface area contributed by atoms with Crippen molar-refractivity contribution >= 4 is 17.4 Å². The van der Waals surface area contributed by atoms with E-state index >= 15 is 0 Å². The number of amides is 1. The van der Waals surface area contributed by atoms with Crippen molar-refractivity contribution in [1.82, 2.24) is 0 Å². The van der Waals surface area contributed by atoms with Gasteiger partial charge in [0.15, 0.2) is 12.4 Å². The lowest BCUT2D eigenvalue weighted by molar-refractivity contribution is -0.118. The number of nitrogens with one attached hydrogen (secondary N) is 1. The molecule has 0 bridgehead atoms. The molecule has 0 aromatic heterocycles. The van der Waals surface area contributed by atoms with Gasteiger partial charge in [-0.05, 0) is 48.7 Å². The summed E-state index contributed by atoms with van der Waals surface area (Å²) in [6.07, 6.45) is 0. The van der Waals surface area contributed by atoms with Gasteiger partial charge in [0.2, 0.25) is 0 Å². The highest BCUT2D eigenvalue weighted by atomic mass is 16.5. The molecule has 4 nitrogen and oxygen atoms in total. The normalized spacial score (nSPS) is 10.4. The molecular weight excluding hydrogens is 290 g/mol. The molecule has 1 N–H and O–H groups in total. The van der Waals surface area contributed by atoms with Crippen molar-refractivity contribution in [2.75, 3.05) is 11.9 Å². The Kier molecular flexibility index (Phi) is 5.52. The van der Waals surface area contributed by atoms with Crippen molar-refractivity contribution < 1.29 is 14.3 Å². The Morgan fingerprint density at radius 3 is 2.30 bits per heavy atom. The number of rotatable bonds is 6. The molecule has 0 aliphatic carbocycles. The van der Waals surface area contributed by atoms with Crippen LogP contribution in [0.4, 0.5) is 5.69 Å². The van der Waals surface area contributed by atoms with Crippen LogP contribution >= 0.6 is 0 Å². The van der Waals surface area contributed by atoms with Crippen molar-refractivity contribution in [3.63, 3.8) is 0 Å². The summed E-state index contributed by atoms with van der Waals surface area (Å²) in [4.78, 5) is 23.2. The van der Waals surface area contributed by atoms with Crippen LogP contribution in [0.5, 0.6) is 5.75 Å². The van der Waals surface area contributed by atoms with Crippen LogP contribution < -0.4 is 10.1 Å². The van der Waals surface area contributed by atoms with Crippen LogP contribution in [-0.2, 0) is 4.79 Å². The van der Waals surface area contributed by atoms with Gasteiger partial charge in [-0.3, -0.25) is 9.59 Å². The van der Waals surface area contributed by atoms with Crippen LogP contribution in [0.25, 0.3) is 0 Å². The second-order valence-electron chi connectivity index (χ2n) is 5.66. The highest BCUT2D eigenvalue weighted by molar-refractivity contribution is 5.95. The molecule has 0 saturated carbocycles. The molecule has 2 rings (SSSR count). The number of hydrogen-bond donors (Lipinski definition) is 1. The summed E-state index contributed by atoms with van der Waals surface area (Å²) in [6.45, 7) is 5.61. The fraction of sp³-hybridized carbons (Fsp3) is 0.263. The number of Topliss-reactive ketones (excluding diaryl/α,β-unsaturated/α-hetero) is 1. The molecule has 4 heteroatoms. The van der Waals surface area contributed by atoms with E-state index < -0.39 is 0 Å². The Morgan fingerprint density at radius 2 is 1.70 bits per heavy atom. The van der Waals surface area contributed by atoms with Gasteiger partial charge in [0.25, 0.3) is 5.91 Å².